The summed E-state index contributed by atoms with van der Waals surface area (Å²) in [7, 11) is 0. The van der Waals surface area contributed by atoms with Gasteiger partial charge in [-0.2, -0.15) is 18.7 Å². The maximum Gasteiger partial charge on any atom is 0.367 e. The number of nitrogens with one attached hydrogen (secondary N) is 1. The van der Waals surface area contributed by atoms with Gasteiger partial charge in [0.25, 0.3) is 0 Å². The molecule has 4 rings (SSSR count). The number of nitrogens with zero attached hydrogens (tertiary/aromatic N) is 5. The fourth-order valence-corrected chi connectivity index (χ4v) is 4.46. The number of nitriles is 1. The van der Waals surface area contributed by atoms with Crippen LogP contribution in [0.1, 0.15) is 50.4 Å². The lowest BCUT2D eigenvalue weighted by Crippen LogP contribution is -2.27. The Kier molecular flexibility index (Phi) is 7.48. The number of halogens is 4. The first-order chi connectivity index (χ1) is 18.3. The number of benzene rings is 2. The van der Waals surface area contributed by atoms with Crippen LogP contribution in [0, 0.1) is 16.7 Å². The smallest absolute Gasteiger partial charge is 0.367 e. The van der Waals surface area contributed by atoms with E-state index in [0.29, 0.717) is 44.8 Å². The zero-order valence-electron chi connectivity index (χ0n) is 21.9. The molecule has 0 radical (unpaired) electrons. The second-order valence-corrected chi connectivity index (χ2v) is 10.9. The molecule has 11 heteroatoms. The molecule has 0 spiro atoms. The fourth-order valence-electron chi connectivity index (χ4n) is 3.91. The monoisotopic (exact) mass is 559 g/mol. The number of anilines is 1. The molecule has 7 nitrogen and oxygen atoms in total. The highest BCUT2D eigenvalue weighted by Gasteiger charge is 2.33. The molecule has 38 heavy (non-hydrogen) atoms. The van der Waals surface area contributed by atoms with E-state index in [4.69, 9.17) is 28.3 Å². The number of fused-ring (bicyclic) bond motifs is 1. The number of hydrogen-bond donors (Lipinski definition) is 2. The van der Waals surface area contributed by atoms with Gasteiger partial charge in [0.2, 0.25) is 0 Å². The predicted molar refractivity (Wildman–Crippen MR) is 144 cm³/mol. The maximum absolute atomic E-state index is 14.2. The lowest BCUT2D eigenvalue weighted by Gasteiger charge is -2.22. The molecule has 0 fully saturated rings. The number of aliphatic hydroxyl groups is 1. The molecular formula is C27H26Cl2F2N6O. The summed E-state index contributed by atoms with van der Waals surface area (Å²) in [6, 6.07) is 8.46. The molecule has 2 heterocycles. The molecule has 0 saturated heterocycles. The quantitative estimate of drug-likeness (QED) is 0.260. The van der Waals surface area contributed by atoms with Gasteiger partial charge in [0.05, 0.1) is 33.7 Å². The first kappa shape index (κ1) is 26.3. The van der Waals surface area contributed by atoms with Crippen LogP contribution in [0.15, 0.2) is 48.8 Å². The van der Waals surface area contributed by atoms with Crippen molar-refractivity contribution in [2.75, 3.05) is 18.5 Å². The Labute approximate surface area is 230 Å². The third-order valence-corrected chi connectivity index (χ3v) is 6.43. The van der Waals surface area contributed by atoms with E-state index in [2.05, 4.69) is 47.5 Å². The van der Waals surface area contributed by atoms with Gasteiger partial charge in [0.1, 0.15) is 12.7 Å². The van der Waals surface area contributed by atoms with E-state index >= 15 is 0 Å². The summed E-state index contributed by atoms with van der Waals surface area (Å²) in [5.41, 5.74) is 2.04. The van der Waals surface area contributed by atoms with Crippen LogP contribution in [-0.2, 0) is 12.5 Å². The lowest BCUT2D eigenvalue weighted by molar-refractivity contribution is -0.131. The van der Waals surface area contributed by atoms with Crippen molar-refractivity contribution in [1.29, 1.82) is 5.26 Å². The number of rotatable bonds is 8. The molecule has 1 atom stereocenters. The topological polar surface area (TPSA) is 99.7 Å². The normalized spacial score (nSPS) is 14.1. The van der Waals surface area contributed by atoms with Crippen molar-refractivity contribution in [3.63, 3.8) is 0 Å². The van der Waals surface area contributed by atoms with Crippen molar-refractivity contribution in [3.8, 4) is 6.07 Å². The van der Waals surface area contributed by atoms with Crippen LogP contribution >= 0.6 is 23.2 Å². The molecule has 2 aromatic heterocycles. The highest BCUT2D eigenvalue weighted by atomic mass is 35.5. The van der Waals surface area contributed by atoms with Crippen LogP contribution in [0.3, 0.4) is 0 Å². The van der Waals surface area contributed by atoms with E-state index in [1.54, 1.807) is 36.4 Å². The first-order valence-electron chi connectivity index (χ1n) is 12.2. The number of pyridine rings is 1. The van der Waals surface area contributed by atoms with Crippen LogP contribution < -0.4 is 5.32 Å². The van der Waals surface area contributed by atoms with Gasteiger partial charge in [-0.15, -0.1) is 5.10 Å². The van der Waals surface area contributed by atoms with Crippen molar-refractivity contribution in [2.24, 2.45) is 5.41 Å². The molecule has 0 bridgehead atoms. The van der Waals surface area contributed by atoms with Gasteiger partial charge in [-0.3, -0.25) is 4.98 Å². The summed E-state index contributed by atoms with van der Waals surface area (Å²) in [4.78, 5) is 4.37. The van der Waals surface area contributed by atoms with E-state index in [-0.39, 0.29) is 27.2 Å². The fraction of sp³-hybridized carbons (Fsp3) is 0.333. The molecule has 198 valence electrons. The van der Waals surface area contributed by atoms with Gasteiger partial charge in [-0.25, -0.2) is 0 Å². The van der Waals surface area contributed by atoms with Gasteiger partial charge < -0.3 is 10.4 Å². The average molecular weight is 560 g/mol. The van der Waals surface area contributed by atoms with E-state index in [1.807, 2.05) is 0 Å². The lowest BCUT2D eigenvalue weighted by atomic mass is 9.89. The molecule has 2 N–H and O–H groups in total. The largest absolute Gasteiger partial charge is 0.388 e. The van der Waals surface area contributed by atoms with E-state index in [0.717, 1.165) is 6.20 Å². The Morgan fingerprint density at radius 1 is 1.21 bits per heavy atom. The minimum atomic E-state index is -3.70. The van der Waals surface area contributed by atoms with Gasteiger partial charge in [0, 0.05) is 30.4 Å². The van der Waals surface area contributed by atoms with Gasteiger partial charge in [-0.05, 0) is 41.2 Å². The second kappa shape index (κ2) is 10.8. The Morgan fingerprint density at radius 2 is 1.95 bits per heavy atom. The van der Waals surface area contributed by atoms with Crippen molar-refractivity contribution in [3.05, 3.63) is 81.2 Å². The molecule has 0 aliphatic heterocycles. The van der Waals surface area contributed by atoms with E-state index in [9.17, 15) is 15.4 Å². The minimum Gasteiger partial charge on any atom is -0.388 e. The molecule has 4 aromatic rings. The summed E-state index contributed by atoms with van der Waals surface area (Å²) in [5, 5.41) is 30.7. The highest BCUT2D eigenvalue weighted by Crippen LogP contribution is 2.37. The van der Waals surface area contributed by atoms with E-state index < -0.39 is 18.5 Å². The van der Waals surface area contributed by atoms with Gasteiger partial charge >= 0.3 is 6.05 Å². The van der Waals surface area contributed by atoms with Crippen LogP contribution in [0.2, 0.25) is 10.0 Å². The molecular weight excluding hydrogens is 533 g/mol. The van der Waals surface area contributed by atoms with Gasteiger partial charge in [0.15, 0.2) is 0 Å². The van der Waals surface area contributed by atoms with Crippen molar-refractivity contribution in [1.82, 2.24) is 20.0 Å². The molecule has 0 aliphatic carbocycles. The number of alkyl halides is 2. The first-order valence-corrected chi connectivity index (χ1v) is 12.5. The molecule has 0 aliphatic rings. The Balaban J connectivity index is 1.89. The average Bonchev–Trinajstić information content (AvgIpc) is 3.39. The SMILES string of the molecule is [2H][C@](Cc1cc(Cl)c2ncc(C#N)c(NCC(C)(C)C)c2c1)(c1cn(C(F)(F)CO)nn1)c1ccccc1Cl. The molecule has 0 saturated carbocycles. The standard InChI is InChI=1S/C27H26Cl2F2N6O/c1-26(2,3)14-34-24-17(11-32)12-33-25-20(24)9-16(10-22(25)29)8-19(18-6-4-5-7-21(18)28)23-13-37(36-35-23)27(30,31)15-38/h4-7,9-10,12-13,19,38H,8,14-15H2,1-3H3,(H,33,34)/t19-/m1/s1/i19D. The Hall–Kier alpha value is -3.32. The Bertz CT molecular complexity index is 1570. The zero-order chi connectivity index (χ0) is 28.6. The van der Waals surface area contributed by atoms with Crippen LogP contribution in [0.25, 0.3) is 10.9 Å². The van der Waals surface area contributed by atoms with Crippen LogP contribution in [0.4, 0.5) is 14.5 Å². The van der Waals surface area contributed by atoms with Crippen molar-refractivity contribution < 1.29 is 15.3 Å². The molecule has 0 unspecified atom stereocenters. The molecule has 2 aromatic carbocycles. The van der Waals surface area contributed by atoms with Crippen LogP contribution in [-0.4, -0.2) is 38.2 Å². The number of aliphatic hydroxyl groups excluding tert-OH is 1. The Morgan fingerprint density at radius 3 is 2.61 bits per heavy atom. The summed E-state index contributed by atoms with van der Waals surface area (Å²) in [6.45, 7) is 5.25. The third kappa shape index (κ3) is 5.88. The highest BCUT2D eigenvalue weighted by molar-refractivity contribution is 6.35. The van der Waals surface area contributed by atoms with Crippen molar-refractivity contribution >= 4 is 39.8 Å². The maximum atomic E-state index is 14.2. The zero-order valence-corrected chi connectivity index (χ0v) is 22.4. The second-order valence-electron chi connectivity index (χ2n) is 10.1. The summed E-state index contributed by atoms with van der Waals surface area (Å²) >= 11 is 13.1. The third-order valence-electron chi connectivity index (χ3n) is 5.81. The van der Waals surface area contributed by atoms with Gasteiger partial charge in [-0.1, -0.05) is 67.4 Å². The number of aromatic nitrogens is 4. The molecule has 0 amide bonds. The van der Waals surface area contributed by atoms with E-state index in [1.165, 1.54) is 6.20 Å². The minimum absolute atomic E-state index is 0.0781. The van der Waals surface area contributed by atoms with Crippen molar-refractivity contribution in [2.45, 2.75) is 39.1 Å². The summed E-state index contributed by atoms with van der Waals surface area (Å²) < 4.78 is 38.0. The van der Waals surface area contributed by atoms with Crippen LogP contribution in [0.5, 0.6) is 0 Å². The summed E-state index contributed by atoms with van der Waals surface area (Å²) in [6.07, 6.45) is 2.31. The number of hydrogen-bond acceptors (Lipinski definition) is 6. The predicted octanol–water partition coefficient (Wildman–Crippen LogP) is 6.38. The summed E-state index contributed by atoms with van der Waals surface area (Å²) in [5.74, 6) is -1.77.